The Balaban J connectivity index is 2.10. The maximum absolute atomic E-state index is 12.4. The van der Waals surface area contributed by atoms with Crippen LogP contribution in [0.4, 0.5) is 0 Å². The molecule has 108 valence electrons. The van der Waals surface area contributed by atoms with Crippen LogP contribution in [0.2, 0.25) is 0 Å². The minimum atomic E-state index is -3.39. The summed E-state index contributed by atoms with van der Waals surface area (Å²) in [5.41, 5.74) is 0. The van der Waals surface area contributed by atoms with E-state index in [-0.39, 0.29) is 6.04 Å². The van der Waals surface area contributed by atoms with Gasteiger partial charge in [0.05, 0.1) is 4.90 Å². The average molecular weight is 302 g/mol. The number of piperidine rings is 1. The van der Waals surface area contributed by atoms with Crippen molar-refractivity contribution in [2.24, 2.45) is 5.92 Å². The maximum Gasteiger partial charge on any atom is 0.241 e. The van der Waals surface area contributed by atoms with Gasteiger partial charge in [0.1, 0.15) is 0 Å². The fraction of sp³-hybridized carbons (Fsp3) is 0.692. The van der Waals surface area contributed by atoms with Crippen molar-refractivity contribution in [1.29, 1.82) is 0 Å². The Morgan fingerprint density at radius 1 is 1.47 bits per heavy atom. The lowest BCUT2D eigenvalue weighted by atomic mass is 9.94. The third-order valence-electron chi connectivity index (χ3n) is 3.67. The summed E-state index contributed by atoms with van der Waals surface area (Å²) in [6.07, 6.45) is 2.20. The highest BCUT2D eigenvalue weighted by atomic mass is 32.2. The zero-order chi connectivity index (χ0) is 14.0. The summed E-state index contributed by atoms with van der Waals surface area (Å²) < 4.78 is 27.6. The molecule has 2 rings (SSSR count). The molecule has 0 aromatic carbocycles. The largest absolute Gasteiger partial charge is 0.316 e. The van der Waals surface area contributed by atoms with Gasteiger partial charge >= 0.3 is 0 Å². The van der Waals surface area contributed by atoms with E-state index >= 15 is 0 Å². The second-order valence-corrected chi connectivity index (χ2v) is 8.44. The van der Waals surface area contributed by atoms with Gasteiger partial charge in [-0.3, -0.25) is 0 Å². The van der Waals surface area contributed by atoms with Gasteiger partial charge in [-0.2, -0.15) is 0 Å². The number of nitrogens with one attached hydrogen (secondary N) is 2. The van der Waals surface area contributed by atoms with Crippen LogP contribution in [0.1, 0.15) is 29.5 Å². The van der Waals surface area contributed by atoms with Gasteiger partial charge in [-0.25, -0.2) is 13.1 Å². The van der Waals surface area contributed by atoms with Crippen LogP contribution in [-0.2, 0) is 10.0 Å². The molecule has 0 aliphatic carbocycles. The van der Waals surface area contributed by atoms with E-state index in [2.05, 4.69) is 10.0 Å². The van der Waals surface area contributed by atoms with Gasteiger partial charge in [-0.05, 0) is 58.7 Å². The molecule has 4 nitrogen and oxygen atoms in total. The standard InChI is InChI=1S/C13H22N2O2S2/c1-9-7-13(11(3)18-9)19(16,17)15-10(2)12-5-4-6-14-8-12/h7,10,12,14-15H,4-6,8H2,1-3H3. The Morgan fingerprint density at radius 3 is 2.74 bits per heavy atom. The van der Waals surface area contributed by atoms with Crippen LogP contribution >= 0.6 is 11.3 Å². The van der Waals surface area contributed by atoms with Crippen molar-refractivity contribution in [2.45, 2.75) is 44.6 Å². The van der Waals surface area contributed by atoms with Gasteiger partial charge < -0.3 is 5.32 Å². The summed E-state index contributed by atoms with van der Waals surface area (Å²) in [5.74, 6) is 0.378. The van der Waals surface area contributed by atoms with Crippen LogP contribution in [-0.4, -0.2) is 27.5 Å². The van der Waals surface area contributed by atoms with Gasteiger partial charge in [0.15, 0.2) is 0 Å². The number of hydrogen-bond acceptors (Lipinski definition) is 4. The summed E-state index contributed by atoms with van der Waals surface area (Å²) in [4.78, 5) is 2.33. The van der Waals surface area contributed by atoms with Crippen molar-refractivity contribution in [2.75, 3.05) is 13.1 Å². The first-order valence-corrected chi connectivity index (χ1v) is 9.00. The molecular formula is C13H22N2O2S2. The van der Waals surface area contributed by atoms with Gasteiger partial charge in [0.2, 0.25) is 10.0 Å². The van der Waals surface area contributed by atoms with E-state index in [1.54, 1.807) is 6.07 Å². The lowest BCUT2D eigenvalue weighted by molar-refractivity contribution is 0.320. The van der Waals surface area contributed by atoms with Crippen LogP contribution in [0.3, 0.4) is 0 Å². The number of hydrogen-bond donors (Lipinski definition) is 2. The highest BCUT2D eigenvalue weighted by Crippen LogP contribution is 2.25. The zero-order valence-corrected chi connectivity index (χ0v) is 13.3. The number of thiophene rings is 1. The molecule has 0 bridgehead atoms. The minimum Gasteiger partial charge on any atom is -0.316 e. The van der Waals surface area contributed by atoms with Crippen molar-refractivity contribution in [3.63, 3.8) is 0 Å². The lowest BCUT2D eigenvalue weighted by Crippen LogP contribution is -2.44. The molecular weight excluding hydrogens is 280 g/mol. The molecule has 0 amide bonds. The molecule has 0 spiro atoms. The van der Waals surface area contributed by atoms with E-state index in [1.807, 2.05) is 20.8 Å². The molecule has 2 atom stereocenters. The zero-order valence-electron chi connectivity index (χ0n) is 11.7. The highest BCUT2D eigenvalue weighted by Gasteiger charge is 2.26. The van der Waals surface area contributed by atoms with Crippen LogP contribution < -0.4 is 10.0 Å². The first-order valence-electron chi connectivity index (χ1n) is 6.70. The molecule has 1 fully saturated rings. The molecule has 1 aliphatic rings. The smallest absolute Gasteiger partial charge is 0.241 e. The lowest BCUT2D eigenvalue weighted by Gasteiger charge is -2.28. The van der Waals surface area contributed by atoms with E-state index in [4.69, 9.17) is 0 Å². The van der Waals surface area contributed by atoms with Crippen molar-refractivity contribution < 1.29 is 8.42 Å². The molecule has 1 aromatic rings. The molecule has 1 aromatic heterocycles. The van der Waals surface area contributed by atoms with E-state index < -0.39 is 10.0 Å². The Bertz CT molecular complexity index is 531. The second kappa shape index (κ2) is 5.91. The summed E-state index contributed by atoms with van der Waals surface area (Å²) in [6.45, 7) is 7.69. The van der Waals surface area contributed by atoms with E-state index in [0.717, 1.165) is 35.7 Å². The van der Waals surface area contributed by atoms with Crippen LogP contribution in [0.5, 0.6) is 0 Å². The molecule has 1 aliphatic heterocycles. The normalized spacial score (nSPS) is 22.4. The van der Waals surface area contributed by atoms with Crippen LogP contribution in [0.15, 0.2) is 11.0 Å². The van der Waals surface area contributed by atoms with Crippen molar-refractivity contribution in [3.05, 3.63) is 15.8 Å². The first-order chi connectivity index (χ1) is 8.90. The molecule has 6 heteroatoms. The van der Waals surface area contributed by atoms with E-state index in [9.17, 15) is 8.42 Å². The number of sulfonamides is 1. The highest BCUT2D eigenvalue weighted by molar-refractivity contribution is 7.89. The number of aryl methyl sites for hydroxylation is 2. The molecule has 2 unspecified atom stereocenters. The van der Waals surface area contributed by atoms with Crippen molar-refractivity contribution in [1.82, 2.24) is 10.0 Å². The SMILES string of the molecule is Cc1cc(S(=O)(=O)NC(C)C2CCCNC2)c(C)s1. The molecule has 2 N–H and O–H groups in total. The van der Waals surface area contributed by atoms with Gasteiger partial charge in [-0.1, -0.05) is 0 Å². The molecule has 0 saturated carbocycles. The third kappa shape index (κ3) is 3.56. The molecule has 0 radical (unpaired) electrons. The fourth-order valence-electron chi connectivity index (χ4n) is 2.58. The summed E-state index contributed by atoms with van der Waals surface area (Å²) in [6, 6.07) is 1.73. The quantitative estimate of drug-likeness (QED) is 0.895. The summed E-state index contributed by atoms with van der Waals surface area (Å²) in [7, 11) is -3.39. The Labute approximate surface area is 119 Å². The Kier molecular flexibility index (Phi) is 4.66. The van der Waals surface area contributed by atoms with Gasteiger partial charge in [-0.15, -0.1) is 11.3 Å². The van der Waals surface area contributed by atoms with Crippen LogP contribution in [0.25, 0.3) is 0 Å². The topological polar surface area (TPSA) is 58.2 Å². The van der Waals surface area contributed by atoms with Gasteiger partial charge in [0.25, 0.3) is 0 Å². The predicted molar refractivity (Wildman–Crippen MR) is 79.2 cm³/mol. The molecule has 2 heterocycles. The molecule has 1 saturated heterocycles. The third-order valence-corrected chi connectivity index (χ3v) is 6.45. The number of rotatable bonds is 4. The van der Waals surface area contributed by atoms with E-state index in [1.165, 1.54) is 11.3 Å². The predicted octanol–water partition coefficient (Wildman–Crippen LogP) is 2.03. The van der Waals surface area contributed by atoms with Crippen molar-refractivity contribution in [3.8, 4) is 0 Å². The van der Waals surface area contributed by atoms with Crippen LogP contribution in [0, 0.1) is 19.8 Å². The second-order valence-electron chi connectivity index (χ2n) is 5.29. The minimum absolute atomic E-state index is 0.0302. The van der Waals surface area contributed by atoms with E-state index in [0.29, 0.717) is 10.8 Å². The average Bonchev–Trinajstić information content (AvgIpc) is 2.70. The van der Waals surface area contributed by atoms with Gasteiger partial charge in [0, 0.05) is 15.8 Å². The first kappa shape index (κ1) is 15.0. The fourth-order valence-corrected chi connectivity index (χ4v) is 5.45. The molecule has 19 heavy (non-hydrogen) atoms. The van der Waals surface area contributed by atoms with Crippen molar-refractivity contribution >= 4 is 21.4 Å². The Hall–Kier alpha value is -0.430. The Morgan fingerprint density at radius 2 is 2.21 bits per heavy atom. The maximum atomic E-state index is 12.4. The summed E-state index contributed by atoms with van der Waals surface area (Å²) >= 11 is 1.53. The summed E-state index contributed by atoms with van der Waals surface area (Å²) in [5, 5.41) is 3.32. The monoisotopic (exact) mass is 302 g/mol.